The van der Waals surface area contributed by atoms with Crippen LogP contribution in [0.4, 0.5) is 11.5 Å². The Bertz CT molecular complexity index is 750. The van der Waals surface area contributed by atoms with Crippen LogP contribution in [0.15, 0.2) is 42.6 Å². The largest absolute Gasteiger partial charge is 0.395 e. The number of piperidine rings is 1. The standard InChI is InChI=1S/C19H23ClN4O2/c20-14-3-1-4-15(13-14)23-19(26)17-5-2-8-22-18(17)24(11-12-25)16-6-9-21-10-7-16/h1-5,8,13,16,21,25H,6-7,9-12H2,(H,23,26). The van der Waals surface area contributed by atoms with Gasteiger partial charge < -0.3 is 20.6 Å². The molecule has 1 aliphatic rings. The van der Waals surface area contributed by atoms with Crippen LogP contribution in [0.1, 0.15) is 23.2 Å². The summed E-state index contributed by atoms with van der Waals surface area (Å²) in [5, 5.41) is 16.3. The van der Waals surface area contributed by atoms with Crippen molar-refractivity contribution in [1.29, 1.82) is 0 Å². The van der Waals surface area contributed by atoms with E-state index in [0.717, 1.165) is 25.9 Å². The Labute approximate surface area is 158 Å². The van der Waals surface area contributed by atoms with Crippen molar-refractivity contribution in [2.45, 2.75) is 18.9 Å². The van der Waals surface area contributed by atoms with E-state index in [1.54, 1.807) is 42.6 Å². The Morgan fingerprint density at radius 3 is 2.85 bits per heavy atom. The van der Waals surface area contributed by atoms with Crippen molar-refractivity contribution < 1.29 is 9.90 Å². The SMILES string of the molecule is O=C(Nc1cccc(Cl)c1)c1cccnc1N(CCO)C1CCNCC1. The number of amides is 1. The van der Waals surface area contributed by atoms with Crippen LogP contribution in [0.5, 0.6) is 0 Å². The van der Waals surface area contributed by atoms with Crippen molar-refractivity contribution >= 4 is 29.0 Å². The number of rotatable bonds is 6. The molecule has 1 saturated heterocycles. The number of hydrogen-bond acceptors (Lipinski definition) is 5. The topological polar surface area (TPSA) is 77.5 Å². The summed E-state index contributed by atoms with van der Waals surface area (Å²) < 4.78 is 0. The van der Waals surface area contributed by atoms with Gasteiger partial charge in [-0.25, -0.2) is 4.98 Å². The van der Waals surface area contributed by atoms with Crippen LogP contribution in [-0.2, 0) is 0 Å². The van der Waals surface area contributed by atoms with Crippen molar-refractivity contribution in [2.24, 2.45) is 0 Å². The number of halogens is 1. The Morgan fingerprint density at radius 2 is 2.12 bits per heavy atom. The molecule has 26 heavy (non-hydrogen) atoms. The fourth-order valence-corrected chi connectivity index (χ4v) is 3.45. The van der Waals surface area contributed by atoms with Crippen molar-refractivity contribution in [2.75, 3.05) is 36.5 Å². The number of aromatic nitrogens is 1. The molecule has 2 heterocycles. The minimum absolute atomic E-state index is 0.00978. The molecule has 2 aromatic rings. The van der Waals surface area contributed by atoms with E-state index in [-0.39, 0.29) is 18.6 Å². The predicted molar refractivity (Wildman–Crippen MR) is 104 cm³/mol. The molecule has 1 aromatic heterocycles. The van der Waals surface area contributed by atoms with Gasteiger partial charge in [0.25, 0.3) is 5.91 Å². The van der Waals surface area contributed by atoms with Crippen LogP contribution < -0.4 is 15.5 Å². The van der Waals surface area contributed by atoms with Crippen LogP contribution in [0, 0.1) is 0 Å². The number of carbonyl (C=O) groups is 1. The second-order valence-electron chi connectivity index (χ2n) is 6.24. The first-order valence-corrected chi connectivity index (χ1v) is 9.17. The third kappa shape index (κ3) is 4.52. The number of nitrogens with one attached hydrogen (secondary N) is 2. The molecule has 1 aromatic carbocycles. The van der Waals surface area contributed by atoms with Gasteiger partial charge in [-0.05, 0) is 56.3 Å². The van der Waals surface area contributed by atoms with Crippen molar-refractivity contribution in [3.8, 4) is 0 Å². The first kappa shape index (κ1) is 18.6. The number of hydrogen-bond donors (Lipinski definition) is 3. The van der Waals surface area contributed by atoms with Gasteiger partial charge >= 0.3 is 0 Å². The van der Waals surface area contributed by atoms with Crippen LogP contribution in [0.25, 0.3) is 0 Å². The van der Waals surface area contributed by atoms with E-state index in [1.165, 1.54) is 0 Å². The molecule has 1 amide bonds. The van der Waals surface area contributed by atoms with Gasteiger partial charge in [-0.2, -0.15) is 0 Å². The van der Waals surface area contributed by atoms with E-state index in [1.807, 2.05) is 4.90 Å². The molecule has 3 rings (SSSR count). The third-order valence-corrected chi connectivity index (χ3v) is 4.71. The number of aliphatic hydroxyl groups excluding tert-OH is 1. The summed E-state index contributed by atoms with van der Waals surface area (Å²) >= 11 is 5.99. The molecule has 0 saturated carbocycles. The smallest absolute Gasteiger partial charge is 0.259 e. The lowest BCUT2D eigenvalue weighted by atomic mass is 10.0. The molecule has 0 unspecified atom stereocenters. The maximum Gasteiger partial charge on any atom is 0.259 e. The first-order chi connectivity index (χ1) is 12.7. The van der Waals surface area contributed by atoms with Gasteiger partial charge in [0.05, 0.1) is 12.2 Å². The van der Waals surface area contributed by atoms with Gasteiger partial charge in [-0.3, -0.25) is 4.79 Å². The fourth-order valence-electron chi connectivity index (χ4n) is 3.26. The Kier molecular flexibility index (Phi) is 6.44. The molecular weight excluding hydrogens is 352 g/mol. The van der Waals surface area contributed by atoms with Crippen LogP contribution in [0.2, 0.25) is 5.02 Å². The Morgan fingerprint density at radius 1 is 1.31 bits per heavy atom. The average Bonchev–Trinajstić information content (AvgIpc) is 2.67. The summed E-state index contributed by atoms with van der Waals surface area (Å²) in [6.07, 6.45) is 3.58. The van der Waals surface area contributed by atoms with Crippen molar-refractivity contribution in [3.05, 3.63) is 53.2 Å². The molecule has 0 radical (unpaired) electrons. The summed E-state index contributed by atoms with van der Waals surface area (Å²) in [7, 11) is 0. The summed E-state index contributed by atoms with van der Waals surface area (Å²) in [6.45, 7) is 2.29. The number of anilines is 2. The zero-order chi connectivity index (χ0) is 18.4. The van der Waals surface area contributed by atoms with E-state index in [0.29, 0.717) is 28.6 Å². The summed E-state index contributed by atoms with van der Waals surface area (Å²) in [5.74, 6) is 0.361. The Hall–Kier alpha value is -2.15. The van der Waals surface area contributed by atoms with Crippen molar-refractivity contribution in [3.63, 3.8) is 0 Å². The molecule has 7 heteroatoms. The molecule has 0 bridgehead atoms. The second kappa shape index (κ2) is 8.98. The zero-order valence-electron chi connectivity index (χ0n) is 14.5. The lowest BCUT2D eigenvalue weighted by Gasteiger charge is -2.36. The monoisotopic (exact) mass is 374 g/mol. The highest BCUT2D eigenvalue weighted by molar-refractivity contribution is 6.31. The van der Waals surface area contributed by atoms with Gasteiger partial charge in [0, 0.05) is 29.5 Å². The summed E-state index contributed by atoms with van der Waals surface area (Å²) in [5.41, 5.74) is 1.12. The van der Waals surface area contributed by atoms with Crippen molar-refractivity contribution in [1.82, 2.24) is 10.3 Å². The summed E-state index contributed by atoms with van der Waals surface area (Å²) in [6, 6.07) is 10.8. The fraction of sp³-hybridized carbons (Fsp3) is 0.368. The van der Waals surface area contributed by atoms with Gasteiger partial charge in [0.15, 0.2) is 0 Å². The third-order valence-electron chi connectivity index (χ3n) is 4.48. The highest BCUT2D eigenvalue weighted by atomic mass is 35.5. The maximum absolute atomic E-state index is 12.8. The van der Waals surface area contributed by atoms with Gasteiger partial charge in [0.1, 0.15) is 5.82 Å². The molecule has 0 atom stereocenters. The van der Waals surface area contributed by atoms with Gasteiger partial charge in [-0.15, -0.1) is 0 Å². The van der Waals surface area contributed by atoms with Crippen LogP contribution in [-0.4, -0.2) is 48.3 Å². The molecule has 1 fully saturated rings. The zero-order valence-corrected chi connectivity index (χ0v) is 15.2. The molecule has 0 aliphatic carbocycles. The number of carbonyl (C=O) groups excluding carboxylic acids is 1. The highest BCUT2D eigenvalue weighted by Crippen LogP contribution is 2.24. The van der Waals surface area contributed by atoms with E-state index in [4.69, 9.17) is 11.6 Å². The number of aliphatic hydroxyl groups is 1. The number of benzene rings is 1. The molecule has 0 spiro atoms. The van der Waals surface area contributed by atoms with E-state index < -0.39 is 0 Å². The normalized spacial score (nSPS) is 14.8. The Balaban J connectivity index is 1.86. The minimum Gasteiger partial charge on any atom is -0.395 e. The van der Waals surface area contributed by atoms with E-state index >= 15 is 0 Å². The number of nitrogens with zero attached hydrogens (tertiary/aromatic N) is 2. The maximum atomic E-state index is 12.8. The predicted octanol–water partition coefficient (Wildman–Crippen LogP) is 2.54. The highest BCUT2D eigenvalue weighted by Gasteiger charge is 2.25. The van der Waals surface area contributed by atoms with Gasteiger partial charge in [0.2, 0.25) is 0 Å². The lowest BCUT2D eigenvalue weighted by Crippen LogP contribution is -2.45. The first-order valence-electron chi connectivity index (χ1n) is 8.79. The molecule has 138 valence electrons. The minimum atomic E-state index is -0.243. The van der Waals surface area contributed by atoms with E-state index in [2.05, 4.69) is 15.6 Å². The van der Waals surface area contributed by atoms with Crippen LogP contribution in [0.3, 0.4) is 0 Å². The molecule has 1 aliphatic heterocycles. The van der Waals surface area contributed by atoms with Crippen LogP contribution >= 0.6 is 11.6 Å². The quantitative estimate of drug-likeness (QED) is 0.724. The average molecular weight is 375 g/mol. The lowest BCUT2D eigenvalue weighted by molar-refractivity contribution is 0.102. The molecule has 6 nitrogen and oxygen atoms in total. The summed E-state index contributed by atoms with van der Waals surface area (Å²) in [4.78, 5) is 19.4. The van der Waals surface area contributed by atoms with Gasteiger partial charge in [-0.1, -0.05) is 17.7 Å². The molecule has 3 N–H and O–H groups in total. The second-order valence-corrected chi connectivity index (χ2v) is 6.67. The molecular formula is C19H23ClN4O2. The number of pyridine rings is 1. The van der Waals surface area contributed by atoms with E-state index in [9.17, 15) is 9.90 Å².